The molecule has 0 aliphatic heterocycles. The number of carbonyl (C=O) groups is 1. The molecule has 25 heavy (non-hydrogen) atoms. The molecule has 0 saturated heterocycles. The maximum atomic E-state index is 11.5. The first-order chi connectivity index (χ1) is 11.5. The van der Waals surface area contributed by atoms with Gasteiger partial charge in [-0.15, -0.1) is 0 Å². The van der Waals surface area contributed by atoms with Crippen LogP contribution in [0.15, 0.2) is 48.2 Å². The molecule has 1 aromatic rings. The molecule has 8 nitrogen and oxygen atoms in total. The van der Waals surface area contributed by atoms with Crippen molar-refractivity contribution in [1.29, 1.82) is 0 Å². The van der Waals surface area contributed by atoms with E-state index in [1.807, 2.05) is 5.09 Å². The number of hydrogen-bond acceptors (Lipinski definition) is 5. The fourth-order valence-corrected chi connectivity index (χ4v) is 3.33. The first-order valence-corrected chi connectivity index (χ1v) is 9.10. The highest BCUT2D eigenvalue weighted by Gasteiger charge is 2.40. The van der Waals surface area contributed by atoms with Gasteiger partial charge in [0.1, 0.15) is 5.75 Å². The summed E-state index contributed by atoms with van der Waals surface area (Å²) in [5.74, 6) is -4.47. The van der Waals surface area contributed by atoms with E-state index in [4.69, 9.17) is 9.79 Å². The number of carbonyl (C=O) groups excluding carboxylic acids is 1. The zero-order valence-corrected chi connectivity index (χ0v) is 14.3. The van der Waals surface area contributed by atoms with Crippen LogP contribution in [0.5, 0.6) is 5.75 Å². The average Bonchev–Trinajstić information content (AvgIpc) is 2.44. The Bertz CT molecular complexity index is 766. The molecule has 2 unspecified atom stereocenters. The smallest absolute Gasteiger partial charge is 0.427 e. The van der Waals surface area contributed by atoms with Crippen LogP contribution in [0.25, 0.3) is 0 Å². The second-order valence-corrected chi connectivity index (χ2v) is 7.39. The minimum absolute atomic E-state index is 0.0396. The predicted molar refractivity (Wildman–Crippen MR) is 89.2 cm³/mol. The number of benzene rings is 1. The van der Waals surface area contributed by atoms with Gasteiger partial charge in [0.25, 0.3) is 0 Å². The Morgan fingerprint density at radius 3 is 2.60 bits per heavy atom. The van der Waals surface area contributed by atoms with Crippen molar-refractivity contribution in [1.82, 2.24) is 5.09 Å². The average molecular weight is 369 g/mol. The van der Waals surface area contributed by atoms with E-state index in [1.54, 1.807) is 19.1 Å². The summed E-state index contributed by atoms with van der Waals surface area (Å²) in [7, 11) is -4.73. The van der Waals surface area contributed by atoms with Gasteiger partial charge in [-0.1, -0.05) is 25.1 Å². The molecule has 0 aromatic heterocycles. The van der Waals surface area contributed by atoms with Gasteiger partial charge in [0.2, 0.25) is 0 Å². The van der Waals surface area contributed by atoms with Crippen molar-refractivity contribution in [2.24, 2.45) is 5.92 Å². The predicted octanol–water partition coefficient (Wildman–Crippen LogP) is 0.888. The van der Waals surface area contributed by atoms with E-state index >= 15 is 0 Å². The Labute approximate surface area is 144 Å². The van der Waals surface area contributed by atoms with Crippen molar-refractivity contribution in [3.05, 3.63) is 53.8 Å². The van der Waals surface area contributed by atoms with Crippen LogP contribution in [0.2, 0.25) is 0 Å². The van der Waals surface area contributed by atoms with Gasteiger partial charge in [0, 0.05) is 18.2 Å². The normalized spacial score (nSPS) is 19.5. The summed E-state index contributed by atoms with van der Waals surface area (Å²) in [5.41, 5.74) is 0.394. The number of aliphatic hydroxyl groups is 2. The molecule has 1 aliphatic carbocycles. The van der Waals surface area contributed by atoms with Crippen molar-refractivity contribution in [3.63, 3.8) is 0 Å². The zero-order chi connectivity index (χ0) is 18.8. The van der Waals surface area contributed by atoms with Crippen molar-refractivity contribution >= 4 is 13.5 Å². The molecular weight excluding hydrogens is 349 g/mol. The lowest BCUT2D eigenvalue weighted by atomic mass is 9.83. The summed E-state index contributed by atoms with van der Waals surface area (Å²) in [6.07, 6.45) is 3.02. The molecule has 2 atom stereocenters. The molecule has 2 rings (SSSR count). The molecule has 0 spiro atoms. The van der Waals surface area contributed by atoms with Gasteiger partial charge in [-0.25, -0.2) is 4.57 Å². The van der Waals surface area contributed by atoms with Crippen LogP contribution in [0, 0.1) is 5.92 Å². The maximum Gasteiger partial charge on any atom is 0.427 e. The Kier molecular flexibility index (Phi) is 5.51. The number of phenols is 1. The standard InChI is InChI=1S/C16H20NO7P/c1-10(11-3-2-4-12(18)7-11)9-16(20,21)14-6-5-13(19)8-15(14)17-25(22,23)24/h2-8,10,14,18,20-21H,9H2,1H3,(H3,17,22,23,24). The Hall–Kier alpha value is -1.96. The maximum absolute atomic E-state index is 11.5. The third kappa shape index (κ3) is 5.26. The fourth-order valence-electron chi connectivity index (χ4n) is 2.79. The van der Waals surface area contributed by atoms with E-state index < -0.39 is 25.2 Å². The van der Waals surface area contributed by atoms with Crippen molar-refractivity contribution < 1.29 is 34.5 Å². The highest BCUT2D eigenvalue weighted by atomic mass is 31.2. The van der Waals surface area contributed by atoms with Crippen LogP contribution < -0.4 is 5.09 Å². The fraction of sp³-hybridized carbons (Fsp3) is 0.312. The van der Waals surface area contributed by atoms with Crippen molar-refractivity contribution in [2.75, 3.05) is 0 Å². The number of allylic oxidation sites excluding steroid dienone is 2. The third-order valence-corrected chi connectivity index (χ3v) is 4.45. The number of hydrogen-bond donors (Lipinski definition) is 6. The SMILES string of the molecule is CC(CC(O)(O)C1C=CC(=O)C=C1NP(=O)(O)O)c1cccc(O)c1. The summed E-state index contributed by atoms with van der Waals surface area (Å²) in [6, 6.07) is 6.32. The van der Waals surface area contributed by atoms with Crippen LogP contribution in [0.3, 0.4) is 0 Å². The summed E-state index contributed by atoms with van der Waals surface area (Å²) < 4.78 is 11.2. The molecule has 1 aliphatic rings. The van der Waals surface area contributed by atoms with Gasteiger partial charge < -0.3 is 25.1 Å². The van der Waals surface area contributed by atoms with E-state index in [9.17, 15) is 24.7 Å². The molecule has 136 valence electrons. The third-order valence-electron chi connectivity index (χ3n) is 3.90. The molecule has 0 saturated carbocycles. The summed E-state index contributed by atoms with van der Waals surface area (Å²) in [4.78, 5) is 29.6. The summed E-state index contributed by atoms with van der Waals surface area (Å²) in [6.45, 7) is 1.72. The highest BCUT2D eigenvalue weighted by molar-refractivity contribution is 7.49. The van der Waals surface area contributed by atoms with Crippen LogP contribution in [0.1, 0.15) is 24.8 Å². The second kappa shape index (κ2) is 7.11. The van der Waals surface area contributed by atoms with Gasteiger partial charge >= 0.3 is 7.75 Å². The number of ketones is 1. The molecule has 1 aromatic carbocycles. The minimum atomic E-state index is -4.73. The van der Waals surface area contributed by atoms with Crippen LogP contribution in [0.4, 0.5) is 0 Å². The largest absolute Gasteiger partial charge is 0.508 e. The van der Waals surface area contributed by atoms with E-state index in [-0.39, 0.29) is 23.8 Å². The number of nitrogens with one attached hydrogen (secondary N) is 1. The number of phenolic OH excluding ortho intramolecular Hbond substituents is 1. The van der Waals surface area contributed by atoms with Gasteiger partial charge in [0.15, 0.2) is 11.6 Å². The molecule has 0 fully saturated rings. The molecule has 0 bridgehead atoms. The number of rotatable bonds is 6. The highest BCUT2D eigenvalue weighted by Crippen LogP contribution is 2.39. The van der Waals surface area contributed by atoms with Gasteiger partial charge in [-0.3, -0.25) is 9.88 Å². The zero-order valence-electron chi connectivity index (χ0n) is 13.4. The number of aromatic hydroxyl groups is 1. The topological polar surface area (TPSA) is 147 Å². The van der Waals surface area contributed by atoms with Gasteiger partial charge in [-0.2, -0.15) is 0 Å². The minimum Gasteiger partial charge on any atom is -0.508 e. The first kappa shape index (κ1) is 19.4. The van der Waals surface area contributed by atoms with Crippen LogP contribution in [-0.4, -0.2) is 36.7 Å². The van der Waals surface area contributed by atoms with E-state index in [1.165, 1.54) is 18.2 Å². The Morgan fingerprint density at radius 2 is 2.00 bits per heavy atom. The van der Waals surface area contributed by atoms with Crippen LogP contribution >= 0.6 is 7.75 Å². The molecule has 0 radical (unpaired) electrons. The van der Waals surface area contributed by atoms with Crippen molar-refractivity contribution in [3.8, 4) is 5.75 Å². The Balaban J connectivity index is 2.24. The molecule has 6 N–H and O–H groups in total. The van der Waals surface area contributed by atoms with Gasteiger partial charge in [0.05, 0.1) is 5.92 Å². The van der Waals surface area contributed by atoms with Crippen LogP contribution in [-0.2, 0) is 9.36 Å². The lowest BCUT2D eigenvalue weighted by molar-refractivity contribution is -0.188. The molecular formula is C16H20NO7P. The molecule has 0 amide bonds. The quantitative estimate of drug-likeness (QED) is 0.320. The molecule has 0 heterocycles. The Morgan fingerprint density at radius 1 is 1.32 bits per heavy atom. The monoisotopic (exact) mass is 369 g/mol. The first-order valence-electron chi connectivity index (χ1n) is 7.49. The van der Waals surface area contributed by atoms with E-state index in [2.05, 4.69) is 0 Å². The van der Waals surface area contributed by atoms with Crippen molar-refractivity contribution in [2.45, 2.75) is 25.0 Å². The van der Waals surface area contributed by atoms with Gasteiger partial charge in [-0.05, 0) is 29.7 Å². The molecule has 9 heteroatoms. The summed E-state index contributed by atoms with van der Waals surface area (Å²) in [5, 5.41) is 32.4. The van der Waals surface area contributed by atoms with E-state index in [0.29, 0.717) is 5.56 Å². The lowest BCUT2D eigenvalue weighted by Gasteiger charge is -2.34. The summed E-state index contributed by atoms with van der Waals surface area (Å²) >= 11 is 0. The lowest BCUT2D eigenvalue weighted by Crippen LogP contribution is -2.42. The van der Waals surface area contributed by atoms with E-state index in [0.717, 1.165) is 12.2 Å². The second-order valence-electron chi connectivity index (χ2n) is 6.07.